The number of likely N-dealkylation sites (tertiary alicyclic amines) is 2. The number of carbonyl (C=O) groups is 1. The van der Waals surface area contributed by atoms with Gasteiger partial charge >= 0.3 is 5.97 Å². The van der Waals surface area contributed by atoms with Gasteiger partial charge in [0.1, 0.15) is 0 Å². The molecule has 0 bridgehead atoms. The lowest BCUT2D eigenvalue weighted by atomic mass is 9.94. The van der Waals surface area contributed by atoms with Gasteiger partial charge in [-0.1, -0.05) is 0 Å². The highest BCUT2D eigenvalue weighted by Gasteiger charge is 2.27. The van der Waals surface area contributed by atoms with Crippen LogP contribution in [0.4, 0.5) is 0 Å². The normalized spacial score (nSPS) is 21.8. The second-order valence-electron chi connectivity index (χ2n) is 7.02. The molecule has 24 heavy (non-hydrogen) atoms. The number of ether oxygens (including phenoxy) is 1. The molecular formula is C18H34N4O2. The minimum atomic E-state index is -0.0395. The Hall–Kier alpha value is -1.30. The van der Waals surface area contributed by atoms with Gasteiger partial charge in [0, 0.05) is 26.7 Å². The van der Waals surface area contributed by atoms with Gasteiger partial charge in [0.2, 0.25) is 0 Å². The Balaban J connectivity index is 1.68. The molecular weight excluding hydrogens is 304 g/mol. The van der Waals surface area contributed by atoms with E-state index in [4.69, 9.17) is 4.74 Å². The number of piperidine rings is 2. The first kappa shape index (κ1) is 19.0. The number of carbonyl (C=O) groups excluding carboxylic acids is 1. The predicted molar refractivity (Wildman–Crippen MR) is 97.1 cm³/mol. The molecule has 0 aliphatic carbocycles. The number of rotatable bonds is 5. The van der Waals surface area contributed by atoms with Crippen LogP contribution in [0.2, 0.25) is 0 Å². The molecule has 0 amide bonds. The van der Waals surface area contributed by atoms with Crippen molar-refractivity contribution in [2.75, 3.05) is 53.4 Å². The van der Waals surface area contributed by atoms with Gasteiger partial charge in [-0.2, -0.15) is 0 Å². The number of nitrogens with one attached hydrogen (secondary N) is 1. The molecule has 0 aromatic heterocycles. The zero-order chi connectivity index (χ0) is 17.4. The summed E-state index contributed by atoms with van der Waals surface area (Å²) in [4.78, 5) is 20.9. The minimum Gasteiger partial charge on any atom is -0.466 e. The Labute approximate surface area is 146 Å². The summed E-state index contributed by atoms with van der Waals surface area (Å²) in [6.07, 6.45) is 5.54. The molecule has 2 aliphatic rings. The smallest absolute Gasteiger partial charge is 0.309 e. The van der Waals surface area contributed by atoms with Crippen LogP contribution in [-0.2, 0) is 9.53 Å². The molecule has 0 atom stereocenters. The monoisotopic (exact) mass is 338 g/mol. The zero-order valence-electron chi connectivity index (χ0n) is 15.6. The fourth-order valence-corrected chi connectivity index (χ4v) is 3.66. The first-order valence-corrected chi connectivity index (χ1v) is 9.44. The van der Waals surface area contributed by atoms with Crippen molar-refractivity contribution in [2.45, 2.75) is 39.0 Å². The van der Waals surface area contributed by atoms with Gasteiger partial charge in [0.15, 0.2) is 5.96 Å². The van der Waals surface area contributed by atoms with Crippen LogP contribution in [0.3, 0.4) is 0 Å². The van der Waals surface area contributed by atoms with Crippen molar-refractivity contribution in [3.05, 3.63) is 0 Å². The number of aliphatic imine (C=N–C) groups is 1. The van der Waals surface area contributed by atoms with E-state index in [-0.39, 0.29) is 11.9 Å². The van der Waals surface area contributed by atoms with E-state index in [9.17, 15) is 4.79 Å². The van der Waals surface area contributed by atoms with Crippen molar-refractivity contribution in [3.63, 3.8) is 0 Å². The summed E-state index contributed by atoms with van der Waals surface area (Å²) < 4.78 is 5.14. The first-order valence-electron chi connectivity index (χ1n) is 9.44. The summed E-state index contributed by atoms with van der Waals surface area (Å²) in [7, 11) is 4.05. The van der Waals surface area contributed by atoms with Crippen LogP contribution in [-0.4, -0.2) is 75.2 Å². The summed E-state index contributed by atoms with van der Waals surface area (Å²) in [6.45, 7) is 7.51. The third kappa shape index (κ3) is 5.65. The van der Waals surface area contributed by atoms with Crippen LogP contribution < -0.4 is 5.32 Å². The summed E-state index contributed by atoms with van der Waals surface area (Å²) >= 11 is 0. The van der Waals surface area contributed by atoms with E-state index in [1.165, 1.54) is 32.4 Å². The maximum atomic E-state index is 11.8. The second-order valence-corrected chi connectivity index (χ2v) is 7.02. The van der Waals surface area contributed by atoms with Crippen molar-refractivity contribution < 1.29 is 9.53 Å². The van der Waals surface area contributed by atoms with Gasteiger partial charge < -0.3 is 19.9 Å². The van der Waals surface area contributed by atoms with Crippen LogP contribution in [0, 0.1) is 11.8 Å². The van der Waals surface area contributed by atoms with Crippen molar-refractivity contribution in [1.82, 2.24) is 15.1 Å². The van der Waals surface area contributed by atoms with Crippen LogP contribution in [0.25, 0.3) is 0 Å². The van der Waals surface area contributed by atoms with Gasteiger partial charge in [0.05, 0.1) is 12.5 Å². The Morgan fingerprint density at radius 2 is 1.83 bits per heavy atom. The van der Waals surface area contributed by atoms with Gasteiger partial charge in [0.25, 0.3) is 0 Å². The van der Waals surface area contributed by atoms with E-state index in [0.717, 1.165) is 44.4 Å². The number of hydrogen-bond acceptors (Lipinski definition) is 4. The SMILES string of the molecule is CCOC(=O)C1CCN(C(=NC)NCCC2CCN(C)CC2)CC1. The molecule has 0 aromatic carbocycles. The van der Waals surface area contributed by atoms with Crippen LogP contribution in [0.1, 0.15) is 39.0 Å². The molecule has 2 heterocycles. The minimum absolute atomic E-state index is 0.0395. The third-order valence-corrected chi connectivity index (χ3v) is 5.30. The van der Waals surface area contributed by atoms with Crippen molar-refractivity contribution in [3.8, 4) is 0 Å². The number of hydrogen-bond donors (Lipinski definition) is 1. The summed E-state index contributed by atoms with van der Waals surface area (Å²) in [5.74, 6) is 1.83. The molecule has 0 radical (unpaired) electrons. The van der Waals surface area contributed by atoms with Crippen LogP contribution in [0.15, 0.2) is 4.99 Å². The summed E-state index contributed by atoms with van der Waals surface area (Å²) in [5.41, 5.74) is 0. The summed E-state index contributed by atoms with van der Waals surface area (Å²) in [6, 6.07) is 0. The maximum absolute atomic E-state index is 11.8. The fourth-order valence-electron chi connectivity index (χ4n) is 3.66. The molecule has 0 spiro atoms. The molecule has 2 aliphatic heterocycles. The van der Waals surface area contributed by atoms with E-state index in [1.54, 1.807) is 0 Å². The van der Waals surface area contributed by atoms with Crippen LogP contribution >= 0.6 is 0 Å². The average molecular weight is 338 g/mol. The topological polar surface area (TPSA) is 57.2 Å². The standard InChI is InChI=1S/C18H34N4O2/c1-4-24-17(23)16-8-13-22(14-9-16)18(19-2)20-10-5-15-6-11-21(3)12-7-15/h15-16H,4-14H2,1-3H3,(H,19,20). The quantitative estimate of drug-likeness (QED) is 0.468. The van der Waals surface area contributed by atoms with Crippen molar-refractivity contribution >= 4 is 11.9 Å². The van der Waals surface area contributed by atoms with E-state index < -0.39 is 0 Å². The highest BCUT2D eigenvalue weighted by molar-refractivity contribution is 5.80. The molecule has 1 N–H and O–H groups in total. The Morgan fingerprint density at radius 1 is 1.17 bits per heavy atom. The molecule has 2 rings (SSSR count). The van der Waals surface area contributed by atoms with Crippen molar-refractivity contribution in [1.29, 1.82) is 0 Å². The van der Waals surface area contributed by atoms with Gasteiger partial charge in [-0.05, 0) is 65.1 Å². The lowest BCUT2D eigenvalue weighted by molar-refractivity contribution is -0.149. The molecule has 2 fully saturated rings. The summed E-state index contributed by atoms with van der Waals surface area (Å²) in [5, 5.41) is 3.51. The molecule has 0 unspecified atom stereocenters. The second kappa shape index (κ2) is 9.87. The van der Waals surface area contributed by atoms with Gasteiger partial charge in [-0.15, -0.1) is 0 Å². The lowest BCUT2D eigenvalue weighted by Crippen LogP contribution is -2.47. The van der Waals surface area contributed by atoms with E-state index in [1.807, 2.05) is 14.0 Å². The van der Waals surface area contributed by atoms with Gasteiger partial charge in [-0.3, -0.25) is 9.79 Å². The zero-order valence-corrected chi connectivity index (χ0v) is 15.6. The first-order chi connectivity index (χ1) is 11.6. The molecule has 0 saturated carbocycles. The Kier molecular flexibility index (Phi) is 7.82. The third-order valence-electron chi connectivity index (χ3n) is 5.30. The highest BCUT2D eigenvalue weighted by atomic mass is 16.5. The largest absolute Gasteiger partial charge is 0.466 e. The number of guanidine groups is 1. The number of nitrogens with zero attached hydrogens (tertiary/aromatic N) is 3. The lowest BCUT2D eigenvalue weighted by Gasteiger charge is -2.34. The molecule has 138 valence electrons. The predicted octanol–water partition coefficient (Wildman–Crippen LogP) is 1.57. The fraction of sp³-hybridized carbons (Fsp3) is 0.889. The van der Waals surface area contributed by atoms with Crippen molar-refractivity contribution in [2.24, 2.45) is 16.8 Å². The van der Waals surface area contributed by atoms with Gasteiger partial charge in [-0.25, -0.2) is 0 Å². The average Bonchev–Trinajstić information content (AvgIpc) is 2.61. The number of esters is 1. The molecule has 6 heteroatoms. The molecule has 6 nitrogen and oxygen atoms in total. The molecule has 0 aromatic rings. The molecule has 2 saturated heterocycles. The Bertz CT molecular complexity index is 411. The Morgan fingerprint density at radius 3 is 2.42 bits per heavy atom. The van der Waals surface area contributed by atoms with E-state index in [0.29, 0.717) is 6.61 Å². The van der Waals surface area contributed by atoms with E-state index >= 15 is 0 Å². The van der Waals surface area contributed by atoms with E-state index in [2.05, 4.69) is 27.2 Å². The highest BCUT2D eigenvalue weighted by Crippen LogP contribution is 2.20. The maximum Gasteiger partial charge on any atom is 0.309 e. The van der Waals surface area contributed by atoms with Crippen LogP contribution in [0.5, 0.6) is 0 Å².